The van der Waals surface area contributed by atoms with Crippen molar-refractivity contribution in [3.8, 4) is 11.1 Å². The van der Waals surface area contributed by atoms with Crippen molar-refractivity contribution >= 4 is 18.2 Å². The molecule has 2 N–H and O–H groups in total. The second-order valence-corrected chi connectivity index (χ2v) is 5.95. The minimum atomic E-state index is -0.331. The van der Waals surface area contributed by atoms with E-state index in [4.69, 9.17) is 5.73 Å². The van der Waals surface area contributed by atoms with E-state index >= 15 is 0 Å². The Morgan fingerprint density at radius 3 is 2.00 bits per heavy atom. The Morgan fingerprint density at radius 2 is 1.48 bits per heavy atom. The molecular formula is C18H18ClNO. The van der Waals surface area contributed by atoms with Crippen molar-refractivity contribution in [3.63, 3.8) is 0 Å². The number of carbonyl (C=O) groups is 1. The third-order valence-electron chi connectivity index (χ3n) is 4.96. The summed E-state index contributed by atoms with van der Waals surface area (Å²) in [5.41, 5.74) is 11.4. The summed E-state index contributed by atoms with van der Waals surface area (Å²) in [5.74, 6) is 0.206. The number of ketones is 1. The number of nitrogens with two attached hydrogens (primary N) is 1. The SMILES string of the molecule is Cl.NC1CC2(CCC1=O)c1ccccc1-c1ccccc12. The molecule has 1 saturated carbocycles. The lowest BCUT2D eigenvalue weighted by Gasteiger charge is -2.38. The topological polar surface area (TPSA) is 43.1 Å². The normalized spacial score (nSPS) is 21.6. The minimum Gasteiger partial charge on any atom is -0.321 e. The van der Waals surface area contributed by atoms with Crippen molar-refractivity contribution in [3.05, 3.63) is 59.7 Å². The van der Waals surface area contributed by atoms with E-state index in [0.29, 0.717) is 6.42 Å². The first-order valence-electron chi connectivity index (χ1n) is 7.20. The number of hydrogen-bond donors (Lipinski definition) is 1. The molecule has 2 aliphatic carbocycles. The minimum absolute atomic E-state index is 0. The van der Waals surface area contributed by atoms with Crippen LogP contribution in [0.1, 0.15) is 30.4 Å². The molecule has 0 heterocycles. The van der Waals surface area contributed by atoms with Crippen LogP contribution in [0.25, 0.3) is 11.1 Å². The van der Waals surface area contributed by atoms with Crippen LogP contribution >= 0.6 is 12.4 Å². The van der Waals surface area contributed by atoms with Crippen LogP contribution in [0.2, 0.25) is 0 Å². The molecule has 0 amide bonds. The van der Waals surface area contributed by atoms with Gasteiger partial charge in [-0.05, 0) is 35.1 Å². The third kappa shape index (κ3) is 1.86. The van der Waals surface area contributed by atoms with Crippen LogP contribution in [0.4, 0.5) is 0 Å². The molecule has 0 bridgehead atoms. The first kappa shape index (κ1) is 14.3. The van der Waals surface area contributed by atoms with E-state index < -0.39 is 0 Å². The van der Waals surface area contributed by atoms with E-state index in [0.717, 1.165) is 12.8 Å². The standard InChI is InChI=1S/C18H17NO.ClH/c19-16-11-18(10-9-17(16)20)14-7-3-1-5-12(14)13-6-2-4-8-15(13)18;/h1-8,16H,9-11,19H2;1H. The maximum absolute atomic E-state index is 11.8. The van der Waals surface area contributed by atoms with Crippen molar-refractivity contribution in [2.45, 2.75) is 30.7 Å². The molecule has 0 radical (unpaired) electrons. The van der Waals surface area contributed by atoms with Crippen molar-refractivity contribution in [2.75, 3.05) is 0 Å². The van der Waals surface area contributed by atoms with Gasteiger partial charge in [-0.3, -0.25) is 4.79 Å². The highest BCUT2D eigenvalue weighted by Gasteiger charge is 2.47. The number of hydrogen-bond acceptors (Lipinski definition) is 2. The maximum Gasteiger partial charge on any atom is 0.149 e. The average molecular weight is 300 g/mol. The van der Waals surface area contributed by atoms with Crippen LogP contribution in [-0.4, -0.2) is 11.8 Å². The van der Waals surface area contributed by atoms with E-state index in [1.165, 1.54) is 22.3 Å². The second kappa shape index (κ2) is 4.97. The van der Waals surface area contributed by atoms with Gasteiger partial charge < -0.3 is 5.73 Å². The fraction of sp³-hybridized carbons (Fsp3) is 0.278. The molecule has 0 aliphatic heterocycles. The highest BCUT2D eigenvalue weighted by molar-refractivity contribution is 5.88. The quantitative estimate of drug-likeness (QED) is 0.809. The molecule has 1 fully saturated rings. The highest BCUT2D eigenvalue weighted by Crippen LogP contribution is 2.54. The largest absolute Gasteiger partial charge is 0.321 e. The number of Topliss-reactive ketones (excluding diaryl/α,β-unsaturated/α-hetero) is 1. The zero-order chi connectivity index (χ0) is 13.7. The molecule has 0 saturated heterocycles. The van der Waals surface area contributed by atoms with Gasteiger partial charge in [-0.25, -0.2) is 0 Å². The summed E-state index contributed by atoms with van der Waals surface area (Å²) in [6, 6.07) is 16.8. The van der Waals surface area contributed by atoms with Gasteiger partial charge >= 0.3 is 0 Å². The summed E-state index contributed by atoms with van der Waals surface area (Å²) in [7, 11) is 0. The number of benzene rings is 2. The Kier molecular flexibility index (Phi) is 3.39. The lowest BCUT2D eigenvalue weighted by molar-refractivity contribution is -0.122. The van der Waals surface area contributed by atoms with Crippen LogP contribution in [0.15, 0.2) is 48.5 Å². The molecule has 21 heavy (non-hydrogen) atoms. The van der Waals surface area contributed by atoms with Gasteiger partial charge in [0.05, 0.1) is 6.04 Å². The van der Waals surface area contributed by atoms with Crippen molar-refractivity contribution in [2.24, 2.45) is 5.73 Å². The van der Waals surface area contributed by atoms with Crippen molar-refractivity contribution in [1.29, 1.82) is 0 Å². The number of rotatable bonds is 0. The summed E-state index contributed by atoms with van der Waals surface area (Å²) in [6.07, 6.45) is 2.21. The lowest BCUT2D eigenvalue weighted by atomic mass is 9.66. The second-order valence-electron chi connectivity index (χ2n) is 5.95. The molecule has 1 spiro atoms. The molecule has 4 rings (SSSR count). The maximum atomic E-state index is 11.8. The van der Waals surface area contributed by atoms with E-state index in [1.807, 2.05) is 0 Å². The van der Waals surface area contributed by atoms with Gasteiger partial charge in [-0.2, -0.15) is 0 Å². The molecule has 1 unspecified atom stereocenters. The predicted molar refractivity (Wildman–Crippen MR) is 86.7 cm³/mol. The van der Waals surface area contributed by atoms with Gasteiger partial charge in [-0.15, -0.1) is 12.4 Å². The molecule has 0 aromatic heterocycles. The van der Waals surface area contributed by atoms with Gasteiger partial charge in [0.1, 0.15) is 5.78 Å². The lowest BCUT2D eigenvalue weighted by Crippen LogP contribution is -2.44. The Morgan fingerprint density at radius 1 is 0.952 bits per heavy atom. The molecule has 3 heteroatoms. The average Bonchev–Trinajstić information content (AvgIpc) is 2.75. The molecule has 2 aromatic rings. The Balaban J connectivity index is 0.00000132. The monoisotopic (exact) mass is 299 g/mol. The summed E-state index contributed by atoms with van der Waals surface area (Å²) in [5, 5.41) is 0. The fourth-order valence-corrected chi connectivity index (χ4v) is 4.02. The van der Waals surface area contributed by atoms with E-state index in [9.17, 15) is 4.79 Å². The van der Waals surface area contributed by atoms with Crippen LogP contribution in [0, 0.1) is 0 Å². The molecule has 2 aromatic carbocycles. The molecule has 1 atom stereocenters. The smallest absolute Gasteiger partial charge is 0.149 e. The van der Waals surface area contributed by atoms with E-state index in [1.54, 1.807) is 0 Å². The molecule has 2 nitrogen and oxygen atoms in total. The number of carbonyl (C=O) groups excluding carboxylic acids is 1. The van der Waals surface area contributed by atoms with E-state index in [-0.39, 0.29) is 29.6 Å². The van der Waals surface area contributed by atoms with Crippen LogP contribution in [0.3, 0.4) is 0 Å². The van der Waals surface area contributed by atoms with Crippen molar-refractivity contribution in [1.82, 2.24) is 0 Å². The van der Waals surface area contributed by atoms with Crippen LogP contribution in [-0.2, 0) is 10.2 Å². The summed E-state index contributed by atoms with van der Waals surface area (Å²) < 4.78 is 0. The number of halogens is 1. The Hall–Kier alpha value is -1.64. The fourth-order valence-electron chi connectivity index (χ4n) is 4.02. The summed E-state index contributed by atoms with van der Waals surface area (Å²) in [4.78, 5) is 11.8. The van der Waals surface area contributed by atoms with E-state index in [2.05, 4.69) is 48.5 Å². The summed E-state index contributed by atoms with van der Waals surface area (Å²) in [6.45, 7) is 0. The van der Waals surface area contributed by atoms with Crippen LogP contribution in [0.5, 0.6) is 0 Å². The van der Waals surface area contributed by atoms with Gasteiger partial charge in [0.15, 0.2) is 0 Å². The van der Waals surface area contributed by atoms with Gasteiger partial charge in [0, 0.05) is 11.8 Å². The predicted octanol–water partition coefficient (Wildman–Crippen LogP) is 3.46. The summed E-state index contributed by atoms with van der Waals surface area (Å²) >= 11 is 0. The molecule has 108 valence electrons. The number of fused-ring (bicyclic) bond motifs is 5. The van der Waals surface area contributed by atoms with Gasteiger partial charge in [0.25, 0.3) is 0 Å². The first-order valence-corrected chi connectivity index (χ1v) is 7.20. The highest BCUT2D eigenvalue weighted by atomic mass is 35.5. The first-order chi connectivity index (χ1) is 9.72. The van der Waals surface area contributed by atoms with Gasteiger partial charge in [0.2, 0.25) is 0 Å². The van der Waals surface area contributed by atoms with Crippen LogP contribution < -0.4 is 5.73 Å². The Bertz CT molecular complexity index is 664. The zero-order valence-electron chi connectivity index (χ0n) is 11.7. The Labute approximate surface area is 130 Å². The third-order valence-corrected chi connectivity index (χ3v) is 4.96. The zero-order valence-corrected chi connectivity index (χ0v) is 12.5. The van der Waals surface area contributed by atoms with Crippen molar-refractivity contribution < 1.29 is 4.79 Å². The molecular weight excluding hydrogens is 282 g/mol. The molecule has 2 aliphatic rings. The van der Waals surface area contributed by atoms with Gasteiger partial charge in [-0.1, -0.05) is 48.5 Å².